The number of hydrogen-bond acceptors (Lipinski definition) is 3. The summed E-state index contributed by atoms with van der Waals surface area (Å²) in [7, 11) is -3.81. The van der Waals surface area contributed by atoms with E-state index in [1.54, 1.807) is 18.3 Å². The monoisotopic (exact) mass is 472 g/mol. The van der Waals surface area contributed by atoms with Crippen LogP contribution in [0.4, 0.5) is 0 Å². The first-order valence-electron chi connectivity index (χ1n) is 9.26. The van der Waals surface area contributed by atoms with E-state index in [1.165, 1.54) is 4.41 Å². The van der Waals surface area contributed by atoms with Gasteiger partial charge in [-0.3, -0.25) is 0 Å². The topological polar surface area (TPSA) is 49.7 Å². The van der Waals surface area contributed by atoms with Gasteiger partial charge in [0.15, 0.2) is 0 Å². The van der Waals surface area contributed by atoms with Crippen LogP contribution in [-0.4, -0.2) is 34.0 Å². The van der Waals surface area contributed by atoms with Crippen molar-refractivity contribution in [2.45, 2.75) is 29.0 Å². The molecular weight excluding hydrogens is 447 g/mol. The summed E-state index contributed by atoms with van der Waals surface area (Å²) in [6, 6.07) is 25.8. The van der Waals surface area contributed by atoms with Gasteiger partial charge in [0, 0.05) is 0 Å². The van der Waals surface area contributed by atoms with Gasteiger partial charge in [-0.05, 0) is 0 Å². The summed E-state index contributed by atoms with van der Waals surface area (Å²) in [5, 5.41) is 5.22. The van der Waals surface area contributed by atoms with Crippen LogP contribution in [0.3, 0.4) is 0 Å². The van der Waals surface area contributed by atoms with E-state index >= 15 is 0 Å². The summed E-state index contributed by atoms with van der Waals surface area (Å²) < 4.78 is 28.4. The molecule has 3 aromatic carbocycles. The van der Waals surface area contributed by atoms with Crippen molar-refractivity contribution < 1.29 is 8.42 Å². The molecule has 1 atom stereocenters. The fourth-order valence-corrected chi connectivity index (χ4v) is 5.89. The van der Waals surface area contributed by atoms with Crippen LogP contribution >= 0.6 is 0 Å². The van der Waals surface area contributed by atoms with Crippen molar-refractivity contribution in [2.75, 3.05) is 0 Å². The Kier molecular flexibility index (Phi) is 7.26. The number of nitrogens with zero attached hydrogens (tertiary/aromatic N) is 2. The van der Waals surface area contributed by atoms with E-state index in [4.69, 9.17) is 0 Å². The fourth-order valence-electron chi connectivity index (χ4n) is 2.91. The molecule has 29 heavy (non-hydrogen) atoms. The molecular formula is C23H24N2O2SSe. The first kappa shape index (κ1) is 21.3. The molecule has 1 unspecified atom stereocenters. The molecule has 0 aliphatic rings. The fraction of sp³-hybridized carbons (Fsp3) is 0.174. The van der Waals surface area contributed by atoms with Crippen molar-refractivity contribution in [3.63, 3.8) is 0 Å². The molecule has 150 valence electrons. The van der Waals surface area contributed by atoms with E-state index in [2.05, 4.69) is 10.9 Å². The van der Waals surface area contributed by atoms with Crippen LogP contribution < -0.4 is 0 Å². The van der Waals surface area contributed by atoms with Crippen molar-refractivity contribution in [3.05, 3.63) is 102 Å². The van der Waals surface area contributed by atoms with Crippen LogP contribution in [0.15, 0.2) is 94.9 Å². The Labute approximate surface area is 179 Å². The SMILES string of the molecule is C[Se]CC(c1ccccc1)N(N=Cc1ccccc1)S(=O)(=O)c1ccc(C)cc1. The van der Waals surface area contributed by atoms with Gasteiger partial charge in [-0.2, -0.15) is 0 Å². The van der Waals surface area contributed by atoms with Crippen LogP contribution in [0.1, 0.15) is 22.7 Å². The summed E-state index contributed by atoms with van der Waals surface area (Å²) in [5.41, 5.74) is 2.81. The van der Waals surface area contributed by atoms with Crippen LogP contribution in [0.2, 0.25) is 11.1 Å². The van der Waals surface area contributed by atoms with Gasteiger partial charge >= 0.3 is 180 Å². The molecule has 0 fully saturated rings. The third kappa shape index (κ3) is 5.35. The summed E-state index contributed by atoms with van der Waals surface area (Å²) in [5.74, 6) is 2.11. The molecule has 0 bridgehead atoms. The van der Waals surface area contributed by atoms with Crippen molar-refractivity contribution in [3.8, 4) is 0 Å². The Balaban J connectivity index is 2.09. The first-order valence-corrected chi connectivity index (χ1v) is 13.6. The first-order chi connectivity index (χ1) is 14.0. The Hall–Kier alpha value is -2.40. The molecule has 0 N–H and O–H groups in total. The second-order valence-electron chi connectivity index (χ2n) is 6.63. The Bertz CT molecular complexity index is 1040. The minimum absolute atomic E-state index is 0.248. The molecule has 3 aromatic rings. The van der Waals surface area contributed by atoms with Gasteiger partial charge in [0.1, 0.15) is 0 Å². The Morgan fingerprint density at radius 3 is 2.10 bits per heavy atom. The standard InChI is InChI=1S/C23H24N2O2SSe/c1-19-13-15-22(16-14-19)28(26,27)25(24-17-20-9-5-3-6-10-20)23(18-29-2)21-11-7-4-8-12-21/h3-17,23H,18H2,1-2H3. The summed E-state index contributed by atoms with van der Waals surface area (Å²) >= 11 is 0.268. The minimum atomic E-state index is -3.81. The number of hydrazone groups is 1. The normalized spacial score (nSPS) is 12.8. The van der Waals surface area contributed by atoms with Gasteiger partial charge in [-0.15, -0.1) is 0 Å². The third-order valence-corrected chi connectivity index (χ3v) is 7.53. The second-order valence-corrected chi connectivity index (χ2v) is 10.3. The zero-order valence-electron chi connectivity index (χ0n) is 16.5. The van der Waals surface area contributed by atoms with Crippen LogP contribution in [0.25, 0.3) is 0 Å². The van der Waals surface area contributed by atoms with E-state index in [0.717, 1.165) is 22.0 Å². The average molecular weight is 471 g/mol. The molecule has 0 radical (unpaired) electrons. The molecule has 0 saturated carbocycles. The molecule has 4 nitrogen and oxygen atoms in total. The van der Waals surface area contributed by atoms with Crippen molar-refractivity contribution in [2.24, 2.45) is 5.10 Å². The van der Waals surface area contributed by atoms with E-state index < -0.39 is 10.0 Å². The maximum atomic E-state index is 13.6. The quantitative estimate of drug-likeness (QED) is 0.266. The van der Waals surface area contributed by atoms with Crippen LogP contribution in [0.5, 0.6) is 0 Å². The number of hydrogen-bond donors (Lipinski definition) is 0. The number of sulfonamides is 1. The second kappa shape index (κ2) is 9.88. The predicted molar refractivity (Wildman–Crippen MR) is 120 cm³/mol. The van der Waals surface area contributed by atoms with Gasteiger partial charge in [0.05, 0.1) is 0 Å². The molecule has 3 rings (SSSR count). The Morgan fingerprint density at radius 1 is 0.931 bits per heavy atom. The van der Waals surface area contributed by atoms with Gasteiger partial charge in [0.25, 0.3) is 0 Å². The van der Waals surface area contributed by atoms with Gasteiger partial charge in [0.2, 0.25) is 0 Å². The van der Waals surface area contributed by atoms with Gasteiger partial charge in [-0.1, -0.05) is 0 Å². The molecule has 0 aliphatic heterocycles. The predicted octanol–water partition coefficient (Wildman–Crippen LogP) is 4.93. The van der Waals surface area contributed by atoms with E-state index in [0.29, 0.717) is 0 Å². The van der Waals surface area contributed by atoms with Crippen LogP contribution in [0, 0.1) is 6.92 Å². The zero-order chi connectivity index (χ0) is 20.7. The maximum absolute atomic E-state index is 13.6. The summed E-state index contributed by atoms with van der Waals surface area (Å²) in [4.78, 5) is 0.248. The number of aryl methyl sites for hydroxylation is 1. The molecule has 0 amide bonds. The van der Waals surface area contributed by atoms with E-state index in [1.807, 2.05) is 79.7 Å². The van der Waals surface area contributed by atoms with Crippen LogP contribution in [-0.2, 0) is 10.0 Å². The van der Waals surface area contributed by atoms with E-state index in [-0.39, 0.29) is 25.9 Å². The summed E-state index contributed by atoms with van der Waals surface area (Å²) in [6.45, 7) is 1.94. The van der Waals surface area contributed by atoms with Crippen molar-refractivity contribution in [1.29, 1.82) is 0 Å². The molecule has 0 saturated heterocycles. The average Bonchev–Trinajstić information content (AvgIpc) is 2.75. The van der Waals surface area contributed by atoms with Gasteiger partial charge in [-0.25, -0.2) is 0 Å². The zero-order valence-corrected chi connectivity index (χ0v) is 19.0. The van der Waals surface area contributed by atoms with Gasteiger partial charge < -0.3 is 0 Å². The van der Waals surface area contributed by atoms with E-state index in [9.17, 15) is 8.42 Å². The molecule has 0 spiro atoms. The Morgan fingerprint density at radius 2 is 1.52 bits per heavy atom. The molecule has 0 aromatic heterocycles. The molecule has 0 aliphatic carbocycles. The van der Waals surface area contributed by atoms with Crippen molar-refractivity contribution in [1.82, 2.24) is 4.41 Å². The summed E-state index contributed by atoms with van der Waals surface area (Å²) in [6.07, 6.45) is 1.62. The number of rotatable bonds is 8. The number of benzene rings is 3. The molecule has 6 heteroatoms. The molecule has 0 heterocycles. The van der Waals surface area contributed by atoms with Crippen molar-refractivity contribution >= 4 is 31.2 Å². The third-order valence-electron chi connectivity index (χ3n) is 4.46.